The van der Waals surface area contributed by atoms with Gasteiger partial charge in [0.1, 0.15) is 5.69 Å². The van der Waals surface area contributed by atoms with Gasteiger partial charge < -0.3 is 5.32 Å². The fraction of sp³-hybridized carbons (Fsp3) is 0.0588. The summed E-state index contributed by atoms with van der Waals surface area (Å²) in [6.07, 6.45) is 1.66. The van der Waals surface area contributed by atoms with Crippen LogP contribution in [-0.4, -0.2) is 10.9 Å². The molecule has 97 valence electrons. The maximum absolute atomic E-state index is 12.3. The molecule has 0 saturated carbocycles. The van der Waals surface area contributed by atoms with Gasteiger partial charge in [-0.15, -0.1) is 0 Å². The van der Waals surface area contributed by atoms with Crippen LogP contribution in [0, 0.1) is 6.07 Å². The maximum Gasteiger partial charge on any atom is 0.270 e. The Labute approximate surface area is 117 Å². The number of nitrogens with zero attached hydrogens (tertiary/aromatic N) is 1. The third-order valence-corrected chi connectivity index (χ3v) is 3.13. The number of nitrogens with one attached hydrogen (secondary N) is 1. The predicted octanol–water partition coefficient (Wildman–Crippen LogP) is 2.96. The summed E-state index contributed by atoms with van der Waals surface area (Å²) < 4.78 is 0. The van der Waals surface area contributed by atoms with Crippen LogP contribution in [0.2, 0.25) is 0 Å². The van der Waals surface area contributed by atoms with Gasteiger partial charge in [-0.3, -0.25) is 9.78 Å². The Morgan fingerprint density at radius 3 is 2.75 bits per heavy atom. The Kier molecular flexibility index (Phi) is 3.42. The highest BCUT2D eigenvalue weighted by Gasteiger charge is 2.10. The fourth-order valence-corrected chi connectivity index (χ4v) is 2.11. The van der Waals surface area contributed by atoms with Crippen LogP contribution in [0.1, 0.15) is 16.1 Å². The van der Waals surface area contributed by atoms with Crippen LogP contribution in [0.5, 0.6) is 0 Å². The first-order valence-electron chi connectivity index (χ1n) is 6.41. The van der Waals surface area contributed by atoms with Crippen molar-refractivity contribution in [2.24, 2.45) is 0 Å². The van der Waals surface area contributed by atoms with Crippen molar-refractivity contribution >= 4 is 16.7 Å². The van der Waals surface area contributed by atoms with Gasteiger partial charge in [0.05, 0.1) is 0 Å². The zero-order valence-electron chi connectivity index (χ0n) is 10.8. The first kappa shape index (κ1) is 12.4. The molecule has 2 aromatic carbocycles. The Morgan fingerprint density at radius 2 is 1.90 bits per heavy atom. The summed E-state index contributed by atoms with van der Waals surface area (Å²) in [6.45, 7) is 0.485. The van der Waals surface area contributed by atoms with Crippen LogP contribution in [0.3, 0.4) is 0 Å². The number of pyridine rings is 1. The number of fused-ring (bicyclic) bond motifs is 1. The smallest absolute Gasteiger partial charge is 0.270 e. The Hall–Kier alpha value is -2.68. The highest BCUT2D eigenvalue weighted by Crippen LogP contribution is 2.16. The second-order valence-electron chi connectivity index (χ2n) is 4.47. The molecule has 0 aliphatic heterocycles. The second-order valence-corrected chi connectivity index (χ2v) is 4.47. The van der Waals surface area contributed by atoms with Gasteiger partial charge in [0, 0.05) is 18.1 Å². The lowest BCUT2D eigenvalue weighted by Gasteiger charge is -2.07. The lowest BCUT2D eigenvalue weighted by molar-refractivity contribution is 0.0948. The molecule has 1 N–H and O–H groups in total. The van der Waals surface area contributed by atoms with E-state index < -0.39 is 0 Å². The van der Waals surface area contributed by atoms with Gasteiger partial charge in [-0.1, -0.05) is 48.5 Å². The third-order valence-electron chi connectivity index (χ3n) is 3.13. The van der Waals surface area contributed by atoms with Gasteiger partial charge >= 0.3 is 0 Å². The van der Waals surface area contributed by atoms with Gasteiger partial charge in [0.25, 0.3) is 5.91 Å². The van der Waals surface area contributed by atoms with Crippen molar-refractivity contribution in [3.05, 3.63) is 78.1 Å². The number of carbonyl (C=O) groups excluding carboxylic acids is 1. The fourth-order valence-electron chi connectivity index (χ4n) is 2.11. The van der Waals surface area contributed by atoms with Gasteiger partial charge in [0.15, 0.2) is 0 Å². The molecular formula is C17H13N2O. The van der Waals surface area contributed by atoms with Crippen molar-refractivity contribution in [1.29, 1.82) is 0 Å². The minimum absolute atomic E-state index is 0.158. The minimum atomic E-state index is -0.158. The number of amides is 1. The molecule has 0 aliphatic rings. The second kappa shape index (κ2) is 5.53. The van der Waals surface area contributed by atoms with E-state index in [1.165, 1.54) is 0 Å². The topological polar surface area (TPSA) is 42.0 Å². The van der Waals surface area contributed by atoms with Crippen molar-refractivity contribution in [3.8, 4) is 0 Å². The molecule has 0 spiro atoms. The van der Waals surface area contributed by atoms with E-state index in [0.29, 0.717) is 12.2 Å². The average molecular weight is 261 g/mol. The molecule has 0 atom stereocenters. The molecule has 1 radical (unpaired) electrons. The van der Waals surface area contributed by atoms with E-state index in [1.54, 1.807) is 6.20 Å². The van der Waals surface area contributed by atoms with Gasteiger partial charge in [-0.2, -0.15) is 0 Å². The normalized spacial score (nSPS) is 10.4. The molecule has 3 heteroatoms. The van der Waals surface area contributed by atoms with E-state index in [1.807, 2.05) is 54.6 Å². The molecular weight excluding hydrogens is 248 g/mol. The molecule has 3 aromatic rings. The van der Waals surface area contributed by atoms with E-state index in [4.69, 9.17) is 0 Å². The molecule has 0 aliphatic carbocycles. The van der Waals surface area contributed by atoms with E-state index >= 15 is 0 Å². The SMILES string of the molecule is O=C(NCc1cc[c]cc1)c1nccc2ccccc12. The summed E-state index contributed by atoms with van der Waals surface area (Å²) in [5.74, 6) is -0.158. The van der Waals surface area contributed by atoms with Crippen LogP contribution >= 0.6 is 0 Å². The van der Waals surface area contributed by atoms with Crippen molar-refractivity contribution in [2.75, 3.05) is 0 Å². The van der Waals surface area contributed by atoms with Crippen molar-refractivity contribution in [3.63, 3.8) is 0 Å². The molecule has 1 amide bonds. The Balaban J connectivity index is 1.82. The number of hydrogen-bond donors (Lipinski definition) is 1. The zero-order valence-corrected chi connectivity index (χ0v) is 10.8. The first-order valence-corrected chi connectivity index (χ1v) is 6.41. The number of rotatable bonds is 3. The molecule has 0 fully saturated rings. The lowest BCUT2D eigenvalue weighted by Crippen LogP contribution is -2.24. The molecule has 3 nitrogen and oxygen atoms in total. The molecule has 0 bridgehead atoms. The quantitative estimate of drug-likeness (QED) is 0.787. The standard InChI is InChI=1S/C17H13N2O/c20-17(19-12-13-6-2-1-3-7-13)16-15-9-5-4-8-14(15)10-11-18-16/h2-11H,12H2,(H,19,20). The highest BCUT2D eigenvalue weighted by molar-refractivity contribution is 6.05. The number of aromatic nitrogens is 1. The number of benzene rings is 2. The summed E-state index contributed by atoms with van der Waals surface area (Å²) in [5, 5.41) is 4.78. The number of carbonyl (C=O) groups is 1. The van der Waals surface area contributed by atoms with E-state index in [2.05, 4.69) is 16.4 Å². The molecule has 3 rings (SSSR count). The van der Waals surface area contributed by atoms with Gasteiger partial charge in [-0.25, -0.2) is 0 Å². The highest BCUT2D eigenvalue weighted by atomic mass is 16.1. The maximum atomic E-state index is 12.3. The van der Waals surface area contributed by atoms with Gasteiger partial charge in [-0.05, 0) is 23.1 Å². The summed E-state index contributed by atoms with van der Waals surface area (Å²) >= 11 is 0. The van der Waals surface area contributed by atoms with Crippen LogP contribution in [0.15, 0.2) is 60.8 Å². The van der Waals surface area contributed by atoms with E-state index in [9.17, 15) is 4.79 Å². The average Bonchev–Trinajstić information content (AvgIpc) is 2.53. The summed E-state index contributed by atoms with van der Waals surface area (Å²) in [4.78, 5) is 16.5. The summed E-state index contributed by atoms with van der Waals surface area (Å²) in [6, 6.07) is 20.1. The van der Waals surface area contributed by atoms with Gasteiger partial charge in [0.2, 0.25) is 0 Å². The van der Waals surface area contributed by atoms with Crippen molar-refractivity contribution in [2.45, 2.75) is 6.54 Å². The van der Waals surface area contributed by atoms with E-state index in [0.717, 1.165) is 16.3 Å². The predicted molar refractivity (Wildman–Crippen MR) is 78.2 cm³/mol. The molecule has 1 aromatic heterocycles. The van der Waals surface area contributed by atoms with Crippen LogP contribution < -0.4 is 5.32 Å². The Morgan fingerprint density at radius 1 is 1.10 bits per heavy atom. The largest absolute Gasteiger partial charge is 0.347 e. The third kappa shape index (κ3) is 2.52. The summed E-state index contributed by atoms with van der Waals surface area (Å²) in [5.41, 5.74) is 1.50. The first-order chi connectivity index (χ1) is 9.84. The van der Waals surface area contributed by atoms with Crippen LogP contribution in [0.25, 0.3) is 10.8 Å². The van der Waals surface area contributed by atoms with E-state index in [-0.39, 0.29) is 5.91 Å². The lowest BCUT2D eigenvalue weighted by atomic mass is 10.1. The molecule has 1 heterocycles. The minimum Gasteiger partial charge on any atom is -0.347 e. The molecule has 20 heavy (non-hydrogen) atoms. The molecule has 0 unspecified atom stereocenters. The van der Waals surface area contributed by atoms with Crippen molar-refractivity contribution < 1.29 is 4.79 Å². The zero-order chi connectivity index (χ0) is 13.8. The van der Waals surface area contributed by atoms with Crippen LogP contribution in [-0.2, 0) is 6.54 Å². The van der Waals surface area contributed by atoms with Crippen LogP contribution in [0.4, 0.5) is 0 Å². The molecule has 0 saturated heterocycles. The van der Waals surface area contributed by atoms with Crippen molar-refractivity contribution in [1.82, 2.24) is 10.3 Å². The summed E-state index contributed by atoms with van der Waals surface area (Å²) in [7, 11) is 0. The monoisotopic (exact) mass is 261 g/mol. The number of hydrogen-bond acceptors (Lipinski definition) is 2. The Bertz CT molecular complexity index is 733.